The van der Waals surface area contributed by atoms with Crippen LogP contribution in [0.2, 0.25) is 0 Å². The number of carbonyl (C=O) groups excluding carboxylic acids is 1. The van der Waals surface area contributed by atoms with E-state index in [1.165, 1.54) is 11.3 Å². The van der Waals surface area contributed by atoms with Crippen LogP contribution in [-0.4, -0.2) is 21.7 Å². The van der Waals surface area contributed by atoms with E-state index in [-0.39, 0.29) is 24.4 Å². The van der Waals surface area contributed by atoms with Crippen LogP contribution in [-0.2, 0) is 11.3 Å². The van der Waals surface area contributed by atoms with Crippen molar-refractivity contribution >= 4 is 17.2 Å². The van der Waals surface area contributed by atoms with E-state index in [9.17, 15) is 9.59 Å². The highest BCUT2D eigenvalue weighted by molar-refractivity contribution is 7.13. The van der Waals surface area contributed by atoms with E-state index in [1.807, 2.05) is 17.5 Å². The third kappa shape index (κ3) is 3.47. The summed E-state index contributed by atoms with van der Waals surface area (Å²) in [6.07, 6.45) is 4.27. The van der Waals surface area contributed by atoms with Gasteiger partial charge >= 0.3 is 5.76 Å². The Bertz CT molecular complexity index is 681. The van der Waals surface area contributed by atoms with Gasteiger partial charge in [0.25, 0.3) is 5.89 Å². The zero-order valence-electron chi connectivity index (χ0n) is 12.4. The first-order valence-electron chi connectivity index (χ1n) is 7.53. The molecule has 1 aliphatic carbocycles. The maximum atomic E-state index is 12.1. The molecule has 22 heavy (non-hydrogen) atoms. The van der Waals surface area contributed by atoms with Gasteiger partial charge in [0.05, 0.1) is 4.88 Å². The van der Waals surface area contributed by atoms with Crippen molar-refractivity contribution in [3.8, 4) is 10.8 Å². The number of nitrogens with zero attached hydrogens (tertiary/aromatic N) is 2. The Balaban J connectivity index is 1.61. The lowest BCUT2D eigenvalue weighted by molar-refractivity contribution is -0.122. The van der Waals surface area contributed by atoms with Crippen molar-refractivity contribution in [2.24, 2.45) is 5.92 Å². The predicted octanol–water partition coefficient (Wildman–Crippen LogP) is 2.26. The molecular weight excluding hydrogens is 302 g/mol. The van der Waals surface area contributed by atoms with Crippen molar-refractivity contribution in [2.45, 2.75) is 45.2 Å². The number of rotatable bonds is 4. The molecule has 2 heterocycles. The van der Waals surface area contributed by atoms with Crippen LogP contribution in [0.25, 0.3) is 10.8 Å². The van der Waals surface area contributed by atoms with Crippen LogP contribution in [0.3, 0.4) is 0 Å². The van der Waals surface area contributed by atoms with Gasteiger partial charge in [0.1, 0.15) is 6.54 Å². The summed E-state index contributed by atoms with van der Waals surface area (Å²) >= 11 is 1.44. The van der Waals surface area contributed by atoms with Crippen molar-refractivity contribution < 1.29 is 9.21 Å². The molecule has 0 saturated heterocycles. The van der Waals surface area contributed by atoms with Gasteiger partial charge in [-0.2, -0.15) is 4.68 Å². The van der Waals surface area contributed by atoms with Crippen molar-refractivity contribution in [2.75, 3.05) is 0 Å². The lowest BCUT2D eigenvalue weighted by atomic mass is 9.87. The number of thiophene rings is 1. The van der Waals surface area contributed by atoms with Gasteiger partial charge in [0.2, 0.25) is 5.91 Å². The van der Waals surface area contributed by atoms with E-state index in [2.05, 4.69) is 17.3 Å². The molecule has 1 N–H and O–H groups in total. The minimum Gasteiger partial charge on any atom is -0.387 e. The van der Waals surface area contributed by atoms with Crippen molar-refractivity contribution in [1.29, 1.82) is 0 Å². The molecule has 0 unspecified atom stereocenters. The van der Waals surface area contributed by atoms with Crippen LogP contribution in [0.4, 0.5) is 0 Å². The summed E-state index contributed by atoms with van der Waals surface area (Å²) in [5.74, 6) is 0.211. The summed E-state index contributed by atoms with van der Waals surface area (Å²) in [4.78, 5) is 24.6. The Labute approximate surface area is 132 Å². The molecule has 0 bridgehead atoms. The number of hydrogen-bond donors (Lipinski definition) is 1. The van der Waals surface area contributed by atoms with Crippen LogP contribution < -0.4 is 11.1 Å². The third-order valence-corrected chi connectivity index (χ3v) is 4.87. The highest BCUT2D eigenvalue weighted by atomic mass is 32.1. The molecule has 1 aliphatic rings. The first kappa shape index (κ1) is 15.0. The lowest BCUT2D eigenvalue weighted by Crippen LogP contribution is -2.40. The third-order valence-electron chi connectivity index (χ3n) is 4.01. The van der Waals surface area contributed by atoms with E-state index >= 15 is 0 Å². The second kappa shape index (κ2) is 6.48. The van der Waals surface area contributed by atoms with Gasteiger partial charge in [0.15, 0.2) is 0 Å². The molecule has 2 aromatic rings. The maximum Gasteiger partial charge on any atom is 0.437 e. The Hall–Kier alpha value is -1.89. The Kier molecular flexibility index (Phi) is 4.42. The summed E-state index contributed by atoms with van der Waals surface area (Å²) < 4.78 is 6.17. The number of aromatic nitrogens is 2. The zero-order valence-corrected chi connectivity index (χ0v) is 13.3. The average molecular weight is 321 g/mol. The molecule has 7 heteroatoms. The fourth-order valence-corrected chi connectivity index (χ4v) is 3.36. The van der Waals surface area contributed by atoms with E-state index in [4.69, 9.17) is 4.42 Å². The quantitative estimate of drug-likeness (QED) is 0.937. The molecule has 2 aromatic heterocycles. The van der Waals surface area contributed by atoms with Crippen molar-refractivity contribution in [3.05, 3.63) is 28.1 Å². The fourth-order valence-electron chi connectivity index (χ4n) is 2.72. The van der Waals surface area contributed by atoms with Gasteiger partial charge in [-0.25, -0.2) is 4.79 Å². The summed E-state index contributed by atoms with van der Waals surface area (Å²) in [6, 6.07) is 3.89. The van der Waals surface area contributed by atoms with Crippen LogP contribution in [0, 0.1) is 5.92 Å². The summed E-state index contributed by atoms with van der Waals surface area (Å²) in [7, 11) is 0. The topological polar surface area (TPSA) is 77.1 Å². The highest BCUT2D eigenvalue weighted by Crippen LogP contribution is 2.23. The molecule has 0 aliphatic heterocycles. The summed E-state index contributed by atoms with van der Waals surface area (Å²) in [5.41, 5.74) is 0. The minimum absolute atomic E-state index is 0.0975. The number of carbonyl (C=O) groups is 1. The van der Waals surface area contributed by atoms with Crippen molar-refractivity contribution in [1.82, 2.24) is 15.1 Å². The molecule has 1 saturated carbocycles. The minimum atomic E-state index is -0.601. The molecule has 1 fully saturated rings. The largest absolute Gasteiger partial charge is 0.437 e. The van der Waals surface area contributed by atoms with Gasteiger partial charge in [-0.3, -0.25) is 4.79 Å². The normalized spacial score (nSPS) is 21.7. The maximum absolute atomic E-state index is 12.1. The first-order chi connectivity index (χ1) is 10.6. The van der Waals surface area contributed by atoms with E-state index in [0.29, 0.717) is 0 Å². The van der Waals surface area contributed by atoms with E-state index in [0.717, 1.165) is 41.2 Å². The SMILES string of the molecule is CC1CCC(NC(=O)Cn2nc(-c3cccs3)oc2=O)CC1. The monoisotopic (exact) mass is 321 g/mol. The standard InChI is InChI=1S/C15H19N3O3S/c1-10-4-6-11(7-5-10)16-13(19)9-18-15(20)21-14(17-18)12-3-2-8-22-12/h2-3,8,10-11H,4-7,9H2,1H3,(H,16,19). The Morgan fingerprint density at radius 1 is 1.45 bits per heavy atom. The lowest BCUT2D eigenvalue weighted by Gasteiger charge is -2.26. The summed E-state index contributed by atoms with van der Waals surface area (Å²) in [5, 5.41) is 8.95. The smallest absolute Gasteiger partial charge is 0.387 e. The van der Waals surface area contributed by atoms with E-state index < -0.39 is 5.76 Å². The second-order valence-electron chi connectivity index (χ2n) is 5.83. The van der Waals surface area contributed by atoms with Gasteiger partial charge in [-0.15, -0.1) is 16.4 Å². The molecule has 3 rings (SSSR count). The molecular formula is C15H19N3O3S. The van der Waals surface area contributed by atoms with Crippen LogP contribution >= 0.6 is 11.3 Å². The number of hydrogen-bond acceptors (Lipinski definition) is 5. The number of nitrogens with one attached hydrogen (secondary N) is 1. The first-order valence-corrected chi connectivity index (χ1v) is 8.41. The van der Waals surface area contributed by atoms with Crippen LogP contribution in [0.15, 0.2) is 26.7 Å². The molecule has 1 amide bonds. The van der Waals surface area contributed by atoms with Gasteiger partial charge in [-0.05, 0) is 43.0 Å². The van der Waals surface area contributed by atoms with Gasteiger partial charge in [0, 0.05) is 6.04 Å². The predicted molar refractivity (Wildman–Crippen MR) is 83.6 cm³/mol. The molecule has 0 radical (unpaired) electrons. The molecule has 6 nitrogen and oxygen atoms in total. The van der Waals surface area contributed by atoms with Crippen LogP contribution in [0.5, 0.6) is 0 Å². The Morgan fingerprint density at radius 3 is 2.91 bits per heavy atom. The molecule has 0 atom stereocenters. The summed E-state index contributed by atoms with van der Waals surface area (Å²) in [6.45, 7) is 2.14. The molecule has 118 valence electrons. The molecule has 0 aromatic carbocycles. The number of amides is 1. The van der Waals surface area contributed by atoms with Gasteiger partial charge < -0.3 is 9.73 Å². The van der Waals surface area contributed by atoms with Crippen molar-refractivity contribution in [3.63, 3.8) is 0 Å². The zero-order chi connectivity index (χ0) is 15.5. The average Bonchev–Trinajstić information content (AvgIpc) is 3.12. The molecule has 0 spiro atoms. The highest BCUT2D eigenvalue weighted by Gasteiger charge is 2.21. The van der Waals surface area contributed by atoms with Crippen LogP contribution in [0.1, 0.15) is 32.6 Å². The van der Waals surface area contributed by atoms with Gasteiger partial charge in [-0.1, -0.05) is 13.0 Å². The second-order valence-corrected chi connectivity index (χ2v) is 6.78. The van der Waals surface area contributed by atoms with E-state index in [1.54, 1.807) is 0 Å². The Morgan fingerprint density at radius 2 is 2.23 bits per heavy atom. The fraction of sp³-hybridized carbons (Fsp3) is 0.533.